The fourth-order valence-corrected chi connectivity index (χ4v) is 2.41. The summed E-state index contributed by atoms with van der Waals surface area (Å²) in [6.45, 7) is 3.95. The maximum atomic E-state index is 12.8. The Labute approximate surface area is 101 Å². The highest BCUT2D eigenvalue weighted by molar-refractivity contribution is 5.81. The number of nitrogens with zero attached hydrogens (tertiary/aromatic N) is 1. The van der Waals surface area contributed by atoms with Crippen molar-refractivity contribution in [3.63, 3.8) is 0 Å². The molecule has 0 bridgehead atoms. The number of carbonyl (C=O) groups excluding carboxylic acids is 1. The zero-order valence-electron chi connectivity index (χ0n) is 10.3. The maximum Gasteiger partial charge on any atom is 0.226 e. The fraction of sp³-hybridized carbons (Fsp3) is 0.500. The van der Waals surface area contributed by atoms with Crippen molar-refractivity contribution in [2.45, 2.75) is 19.9 Å². The Morgan fingerprint density at radius 3 is 2.59 bits per heavy atom. The van der Waals surface area contributed by atoms with Gasteiger partial charge < -0.3 is 4.90 Å². The summed E-state index contributed by atoms with van der Waals surface area (Å²) in [5.41, 5.74) is 1.10. The number of halogens is 1. The average Bonchev–Trinajstić information content (AvgIpc) is 2.66. The Hall–Kier alpha value is -1.38. The standard InChI is InChI=1S/C14H18FNO/c1-10-13(8-15)9-16(14(10)17)11(2)12-6-4-3-5-7-12/h3-7,10-11,13H,8-9H2,1-2H3/t10-,11-,13+/m1/s1. The van der Waals surface area contributed by atoms with E-state index in [1.165, 1.54) is 0 Å². The molecular weight excluding hydrogens is 217 g/mol. The minimum atomic E-state index is -0.412. The first-order valence-electron chi connectivity index (χ1n) is 6.06. The van der Waals surface area contributed by atoms with Crippen LogP contribution >= 0.6 is 0 Å². The van der Waals surface area contributed by atoms with Gasteiger partial charge in [0.1, 0.15) is 0 Å². The third kappa shape index (κ3) is 2.19. The predicted octanol–water partition coefficient (Wildman–Crippen LogP) is 2.81. The van der Waals surface area contributed by atoms with Crippen molar-refractivity contribution in [2.75, 3.05) is 13.2 Å². The van der Waals surface area contributed by atoms with E-state index < -0.39 is 6.67 Å². The fourth-order valence-electron chi connectivity index (χ4n) is 2.41. The number of alkyl halides is 1. The number of hydrogen-bond donors (Lipinski definition) is 0. The summed E-state index contributed by atoms with van der Waals surface area (Å²) in [6.07, 6.45) is 0. The molecule has 3 atom stereocenters. The summed E-state index contributed by atoms with van der Waals surface area (Å²) in [5, 5.41) is 0. The van der Waals surface area contributed by atoms with Gasteiger partial charge in [0.25, 0.3) is 0 Å². The first-order valence-corrected chi connectivity index (χ1v) is 6.06. The Bertz CT molecular complexity index is 392. The van der Waals surface area contributed by atoms with Crippen molar-refractivity contribution in [3.8, 4) is 0 Å². The number of likely N-dealkylation sites (tertiary alicyclic amines) is 1. The predicted molar refractivity (Wildman–Crippen MR) is 65.2 cm³/mol. The third-order valence-corrected chi connectivity index (χ3v) is 3.76. The minimum Gasteiger partial charge on any atom is -0.335 e. The van der Waals surface area contributed by atoms with Gasteiger partial charge in [-0.15, -0.1) is 0 Å². The lowest BCUT2D eigenvalue weighted by atomic mass is 10.00. The number of hydrogen-bond acceptors (Lipinski definition) is 1. The minimum absolute atomic E-state index is 0.0303. The highest BCUT2D eigenvalue weighted by atomic mass is 19.1. The molecule has 0 N–H and O–H groups in total. The average molecular weight is 235 g/mol. The Kier molecular flexibility index (Phi) is 3.46. The van der Waals surface area contributed by atoms with Crippen LogP contribution in [0.25, 0.3) is 0 Å². The van der Waals surface area contributed by atoms with Crippen LogP contribution in [0.1, 0.15) is 25.5 Å². The van der Waals surface area contributed by atoms with Crippen LogP contribution in [-0.2, 0) is 4.79 Å². The van der Waals surface area contributed by atoms with E-state index in [2.05, 4.69) is 0 Å². The maximum absolute atomic E-state index is 12.8. The second-order valence-corrected chi connectivity index (χ2v) is 4.78. The van der Waals surface area contributed by atoms with Gasteiger partial charge in [0, 0.05) is 18.4 Å². The molecule has 1 aliphatic rings. The van der Waals surface area contributed by atoms with Crippen molar-refractivity contribution >= 4 is 5.91 Å². The number of amides is 1. The van der Waals surface area contributed by atoms with Gasteiger partial charge >= 0.3 is 0 Å². The molecule has 0 spiro atoms. The first kappa shape index (κ1) is 12.1. The first-order chi connectivity index (χ1) is 8.15. The molecule has 2 rings (SSSR count). The second kappa shape index (κ2) is 4.86. The highest BCUT2D eigenvalue weighted by Gasteiger charge is 2.39. The van der Waals surface area contributed by atoms with Crippen LogP contribution in [0.2, 0.25) is 0 Å². The molecule has 1 saturated heterocycles. The zero-order chi connectivity index (χ0) is 12.4. The molecule has 0 aliphatic carbocycles. The quantitative estimate of drug-likeness (QED) is 0.789. The van der Waals surface area contributed by atoms with Gasteiger partial charge in [-0.25, -0.2) is 0 Å². The summed E-state index contributed by atoms with van der Waals surface area (Å²) in [6, 6.07) is 9.92. The van der Waals surface area contributed by atoms with Gasteiger partial charge in [-0.3, -0.25) is 9.18 Å². The van der Waals surface area contributed by atoms with E-state index in [1.807, 2.05) is 44.2 Å². The Morgan fingerprint density at radius 1 is 1.41 bits per heavy atom. The van der Waals surface area contributed by atoms with Crippen LogP contribution in [0.15, 0.2) is 30.3 Å². The van der Waals surface area contributed by atoms with Gasteiger partial charge in [-0.05, 0) is 12.5 Å². The molecule has 3 heteroatoms. The van der Waals surface area contributed by atoms with Crippen molar-refractivity contribution in [2.24, 2.45) is 11.8 Å². The van der Waals surface area contributed by atoms with Gasteiger partial charge in [0.2, 0.25) is 5.91 Å². The van der Waals surface area contributed by atoms with Crippen LogP contribution in [0.5, 0.6) is 0 Å². The van der Waals surface area contributed by atoms with E-state index in [9.17, 15) is 9.18 Å². The van der Waals surface area contributed by atoms with Gasteiger partial charge in [-0.1, -0.05) is 37.3 Å². The van der Waals surface area contributed by atoms with Crippen LogP contribution < -0.4 is 0 Å². The summed E-state index contributed by atoms with van der Waals surface area (Å²) < 4.78 is 12.8. The summed E-state index contributed by atoms with van der Waals surface area (Å²) in [4.78, 5) is 13.8. The molecular formula is C14H18FNO. The molecule has 0 saturated carbocycles. The molecule has 1 amide bonds. The third-order valence-electron chi connectivity index (χ3n) is 3.76. The van der Waals surface area contributed by atoms with Gasteiger partial charge in [0.15, 0.2) is 0 Å². The summed E-state index contributed by atoms with van der Waals surface area (Å²) in [7, 11) is 0. The van der Waals surface area contributed by atoms with E-state index in [0.717, 1.165) is 5.56 Å². The number of rotatable bonds is 3. The summed E-state index contributed by atoms with van der Waals surface area (Å²) >= 11 is 0. The molecule has 0 radical (unpaired) electrons. The molecule has 0 aromatic heterocycles. The van der Waals surface area contributed by atoms with E-state index >= 15 is 0 Å². The molecule has 1 aliphatic heterocycles. The van der Waals surface area contributed by atoms with Crippen molar-refractivity contribution in [1.29, 1.82) is 0 Å². The van der Waals surface area contributed by atoms with Gasteiger partial charge in [0.05, 0.1) is 12.7 Å². The monoisotopic (exact) mass is 235 g/mol. The lowest BCUT2D eigenvalue weighted by Crippen LogP contribution is -2.29. The van der Waals surface area contributed by atoms with E-state index in [1.54, 1.807) is 4.90 Å². The van der Waals surface area contributed by atoms with E-state index in [-0.39, 0.29) is 23.8 Å². The molecule has 2 nitrogen and oxygen atoms in total. The molecule has 1 aromatic carbocycles. The lowest BCUT2D eigenvalue weighted by molar-refractivity contribution is -0.132. The van der Waals surface area contributed by atoms with Crippen LogP contribution in [0, 0.1) is 11.8 Å². The smallest absolute Gasteiger partial charge is 0.226 e. The molecule has 17 heavy (non-hydrogen) atoms. The number of carbonyl (C=O) groups is 1. The van der Waals surface area contributed by atoms with Crippen molar-refractivity contribution in [1.82, 2.24) is 4.90 Å². The van der Waals surface area contributed by atoms with E-state index in [4.69, 9.17) is 0 Å². The molecule has 1 aromatic rings. The highest BCUT2D eigenvalue weighted by Crippen LogP contribution is 2.32. The van der Waals surface area contributed by atoms with Gasteiger partial charge in [-0.2, -0.15) is 0 Å². The molecule has 1 heterocycles. The zero-order valence-corrected chi connectivity index (χ0v) is 10.3. The largest absolute Gasteiger partial charge is 0.335 e. The van der Waals surface area contributed by atoms with Crippen LogP contribution in [0.3, 0.4) is 0 Å². The lowest BCUT2D eigenvalue weighted by Gasteiger charge is -2.25. The van der Waals surface area contributed by atoms with Crippen molar-refractivity contribution < 1.29 is 9.18 Å². The van der Waals surface area contributed by atoms with Crippen molar-refractivity contribution in [3.05, 3.63) is 35.9 Å². The molecule has 1 fully saturated rings. The molecule has 0 unspecified atom stereocenters. The topological polar surface area (TPSA) is 20.3 Å². The second-order valence-electron chi connectivity index (χ2n) is 4.78. The summed E-state index contributed by atoms with van der Waals surface area (Å²) in [5.74, 6) is -0.260. The normalized spacial score (nSPS) is 26.3. The van der Waals surface area contributed by atoms with Crippen LogP contribution in [-0.4, -0.2) is 24.0 Å². The van der Waals surface area contributed by atoms with E-state index in [0.29, 0.717) is 6.54 Å². The number of benzene rings is 1. The SMILES string of the molecule is C[C@H](c1ccccc1)N1C[C@H](CF)[C@@H](C)C1=O. The Morgan fingerprint density at radius 2 is 2.06 bits per heavy atom. The van der Waals surface area contributed by atoms with Crippen LogP contribution in [0.4, 0.5) is 4.39 Å². The molecule has 92 valence electrons. The Balaban J connectivity index is 2.16.